The number of H-pyrrole nitrogens is 1. The summed E-state index contributed by atoms with van der Waals surface area (Å²) in [5.74, 6) is 0.525. The van der Waals surface area contributed by atoms with Gasteiger partial charge in [0.2, 0.25) is 5.89 Å². The predicted octanol–water partition coefficient (Wildman–Crippen LogP) is 2.57. The summed E-state index contributed by atoms with van der Waals surface area (Å²) < 4.78 is 5.44. The van der Waals surface area contributed by atoms with Crippen LogP contribution in [0.25, 0.3) is 22.4 Å². The first-order valence-corrected chi connectivity index (χ1v) is 5.37. The Morgan fingerprint density at radius 2 is 2.18 bits per heavy atom. The molecule has 0 spiro atoms. The van der Waals surface area contributed by atoms with Crippen molar-refractivity contribution in [2.45, 2.75) is 6.92 Å². The maximum absolute atomic E-state index is 5.44. The highest BCUT2D eigenvalue weighted by Crippen LogP contribution is 2.25. The summed E-state index contributed by atoms with van der Waals surface area (Å²) in [7, 11) is 1.75. The summed E-state index contributed by atoms with van der Waals surface area (Å²) in [5.41, 5.74) is 3.24. The monoisotopic (exact) mass is 228 g/mol. The molecular formula is C12H12N4O. The van der Waals surface area contributed by atoms with Crippen LogP contribution in [0.1, 0.15) is 5.56 Å². The maximum Gasteiger partial charge on any atom is 0.315 e. The number of benzene rings is 1. The average Bonchev–Trinajstić information content (AvgIpc) is 2.96. The van der Waals surface area contributed by atoms with Crippen LogP contribution in [0, 0.1) is 6.92 Å². The molecule has 0 aliphatic heterocycles. The van der Waals surface area contributed by atoms with E-state index in [4.69, 9.17) is 4.42 Å². The van der Waals surface area contributed by atoms with Crippen molar-refractivity contribution >= 4 is 16.9 Å². The van der Waals surface area contributed by atoms with Crippen LogP contribution in [-0.4, -0.2) is 22.2 Å². The van der Waals surface area contributed by atoms with Gasteiger partial charge in [-0.15, -0.1) is 5.10 Å². The standard InChI is InChI=1S/C12H12N4O/c1-7-6-14-10-4-3-8(5-9(7)10)11-15-16-12(13-2)17-11/h3-6,14H,1-2H3,(H,13,16). The highest BCUT2D eigenvalue weighted by atomic mass is 16.4. The number of hydrogen-bond acceptors (Lipinski definition) is 4. The minimum atomic E-state index is 0.422. The van der Waals surface area contributed by atoms with Gasteiger partial charge in [0.25, 0.3) is 0 Å². The first kappa shape index (κ1) is 9.89. The van der Waals surface area contributed by atoms with Gasteiger partial charge in [-0.2, -0.15) is 0 Å². The lowest BCUT2D eigenvalue weighted by Crippen LogP contribution is -1.85. The first-order valence-electron chi connectivity index (χ1n) is 5.37. The topological polar surface area (TPSA) is 66.7 Å². The number of aryl methyl sites for hydroxylation is 1. The number of aromatic nitrogens is 3. The molecule has 5 heteroatoms. The number of nitrogens with zero attached hydrogens (tertiary/aromatic N) is 2. The number of fused-ring (bicyclic) bond motifs is 1. The van der Waals surface area contributed by atoms with Crippen LogP contribution in [0.4, 0.5) is 6.01 Å². The third kappa shape index (κ3) is 1.56. The van der Waals surface area contributed by atoms with E-state index in [1.807, 2.05) is 24.4 Å². The Hall–Kier alpha value is -2.30. The second-order valence-electron chi connectivity index (χ2n) is 3.89. The Kier molecular flexibility index (Phi) is 2.11. The first-order chi connectivity index (χ1) is 8.28. The summed E-state index contributed by atoms with van der Waals surface area (Å²) in [4.78, 5) is 3.20. The second kappa shape index (κ2) is 3.62. The van der Waals surface area contributed by atoms with Crippen LogP contribution >= 0.6 is 0 Å². The van der Waals surface area contributed by atoms with E-state index in [0.29, 0.717) is 11.9 Å². The van der Waals surface area contributed by atoms with Gasteiger partial charge < -0.3 is 14.7 Å². The highest BCUT2D eigenvalue weighted by molar-refractivity contribution is 5.86. The van der Waals surface area contributed by atoms with E-state index in [2.05, 4.69) is 27.4 Å². The smallest absolute Gasteiger partial charge is 0.315 e. The number of anilines is 1. The van der Waals surface area contributed by atoms with E-state index >= 15 is 0 Å². The third-order valence-electron chi connectivity index (χ3n) is 2.77. The van der Waals surface area contributed by atoms with Gasteiger partial charge >= 0.3 is 6.01 Å². The van der Waals surface area contributed by atoms with Gasteiger partial charge in [0.15, 0.2) is 0 Å². The zero-order chi connectivity index (χ0) is 11.8. The summed E-state index contributed by atoms with van der Waals surface area (Å²) in [6.07, 6.45) is 1.99. The number of nitrogens with one attached hydrogen (secondary N) is 2. The molecule has 0 aliphatic rings. The minimum absolute atomic E-state index is 0.422. The Morgan fingerprint density at radius 3 is 2.94 bits per heavy atom. The van der Waals surface area contributed by atoms with Crippen LogP contribution in [0.3, 0.4) is 0 Å². The molecule has 3 rings (SSSR count). The third-order valence-corrected chi connectivity index (χ3v) is 2.77. The average molecular weight is 228 g/mol. The molecule has 17 heavy (non-hydrogen) atoms. The molecule has 0 amide bonds. The molecule has 1 aromatic carbocycles. The van der Waals surface area contributed by atoms with E-state index in [-0.39, 0.29) is 0 Å². The molecule has 2 heterocycles. The van der Waals surface area contributed by atoms with Crippen LogP contribution in [0.5, 0.6) is 0 Å². The van der Waals surface area contributed by atoms with E-state index in [9.17, 15) is 0 Å². The molecule has 3 aromatic rings. The zero-order valence-corrected chi connectivity index (χ0v) is 9.61. The minimum Gasteiger partial charge on any atom is -0.403 e. The molecule has 2 N–H and O–H groups in total. The molecule has 0 saturated carbocycles. The molecule has 0 atom stereocenters. The molecule has 0 unspecified atom stereocenters. The largest absolute Gasteiger partial charge is 0.403 e. The molecule has 0 saturated heterocycles. The van der Waals surface area contributed by atoms with E-state index < -0.39 is 0 Å². The number of rotatable bonds is 2. The van der Waals surface area contributed by atoms with Crippen molar-refractivity contribution in [3.8, 4) is 11.5 Å². The molecule has 5 nitrogen and oxygen atoms in total. The van der Waals surface area contributed by atoms with Crippen molar-refractivity contribution in [3.63, 3.8) is 0 Å². The van der Waals surface area contributed by atoms with E-state index in [1.165, 1.54) is 10.9 Å². The van der Waals surface area contributed by atoms with Crippen LogP contribution in [-0.2, 0) is 0 Å². The molecule has 86 valence electrons. The highest BCUT2D eigenvalue weighted by Gasteiger charge is 2.09. The zero-order valence-electron chi connectivity index (χ0n) is 9.61. The summed E-state index contributed by atoms with van der Waals surface area (Å²) in [6, 6.07) is 6.45. The molecular weight excluding hydrogens is 216 g/mol. The van der Waals surface area contributed by atoms with Crippen LogP contribution in [0.2, 0.25) is 0 Å². The molecule has 0 bridgehead atoms. The van der Waals surface area contributed by atoms with Crippen molar-refractivity contribution in [1.29, 1.82) is 0 Å². The van der Waals surface area contributed by atoms with Gasteiger partial charge in [-0.05, 0) is 30.7 Å². The van der Waals surface area contributed by atoms with E-state index in [1.54, 1.807) is 7.05 Å². The SMILES string of the molecule is CNc1nnc(-c2ccc3[nH]cc(C)c3c2)o1. The molecule has 0 fully saturated rings. The Morgan fingerprint density at radius 1 is 1.29 bits per heavy atom. The molecule has 0 aliphatic carbocycles. The number of aromatic amines is 1. The second-order valence-corrected chi connectivity index (χ2v) is 3.89. The van der Waals surface area contributed by atoms with Gasteiger partial charge in [0.1, 0.15) is 0 Å². The molecule has 0 radical (unpaired) electrons. The van der Waals surface area contributed by atoms with Crippen molar-refractivity contribution in [3.05, 3.63) is 30.0 Å². The fraction of sp³-hybridized carbons (Fsp3) is 0.167. The van der Waals surface area contributed by atoms with Crippen LogP contribution < -0.4 is 5.32 Å². The van der Waals surface area contributed by atoms with Gasteiger partial charge in [-0.1, -0.05) is 5.10 Å². The fourth-order valence-electron chi connectivity index (χ4n) is 1.83. The Balaban J connectivity index is 2.13. The Labute approximate surface area is 97.9 Å². The molecule has 2 aromatic heterocycles. The fourth-order valence-corrected chi connectivity index (χ4v) is 1.83. The Bertz CT molecular complexity index is 668. The van der Waals surface area contributed by atoms with Crippen molar-refractivity contribution in [2.75, 3.05) is 12.4 Å². The lowest BCUT2D eigenvalue weighted by molar-refractivity contribution is 0.585. The van der Waals surface area contributed by atoms with Crippen molar-refractivity contribution < 1.29 is 4.42 Å². The summed E-state index contributed by atoms with van der Waals surface area (Å²) >= 11 is 0. The summed E-state index contributed by atoms with van der Waals surface area (Å²) in [6.45, 7) is 2.06. The van der Waals surface area contributed by atoms with Crippen molar-refractivity contribution in [1.82, 2.24) is 15.2 Å². The van der Waals surface area contributed by atoms with Crippen LogP contribution in [0.15, 0.2) is 28.8 Å². The van der Waals surface area contributed by atoms with E-state index in [0.717, 1.165) is 11.1 Å². The summed E-state index contributed by atoms with van der Waals surface area (Å²) in [5, 5.41) is 11.8. The van der Waals surface area contributed by atoms with Gasteiger partial charge in [0, 0.05) is 29.7 Å². The van der Waals surface area contributed by atoms with Gasteiger partial charge in [0.05, 0.1) is 0 Å². The van der Waals surface area contributed by atoms with Gasteiger partial charge in [-0.25, -0.2) is 0 Å². The normalized spacial score (nSPS) is 10.9. The van der Waals surface area contributed by atoms with Gasteiger partial charge in [-0.3, -0.25) is 0 Å². The lowest BCUT2D eigenvalue weighted by Gasteiger charge is -1.96. The predicted molar refractivity (Wildman–Crippen MR) is 65.9 cm³/mol. The van der Waals surface area contributed by atoms with Crippen molar-refractivity contribution in [2.24, 2.45) is 0 Å². The number of hydrogen-bond donors (Lipinski definition) is 2. The maximum atomic E-state index is 5.44. The quantitative estimate of drug-likeness (QED) is 0.707. The lowest BCUT2D eigenvalue weighted by atomic mass is 10.1.